The van der Waals surface area contributed by atoms with Gasteiger partial charge in [-0.2, -0.15) is 0 Å². The van der Waals surface area contributed by atoms with Crippen LogP contribution in [0, 0.1) is 0 Å². The second-order valence-corrected chi connectivity index (χ2v) is 7.73. The lowest BCUT2D eigenvalue weighted by molar-refractivity contribution is 0.0612. The zero-order chi connectivity index (χ0) is 15.4. The Labute approximate surface area is 140 Å². The van der Waals surface area contributed by atoms with Crippen LogP contribution in [-0.4, -0.2) is 58.7 Å². The monoisotopic (exact) mass is 337 g/mol. The second kappa shape index (κ2) is 7.66. The van der Waals surface area contributed by atoms with Crippen molar-refractivity contribution in [1.29, 1.82) is 0 Å². The van der Waals surface area contributed by atoms with Crippen molar-refractivity contribution in [3.63, 3.8) is 0 Å². The summed E-state index contributed by atoms with van der Waals surface area (Å²) in [5.74, 6) is 0. The molecule has 0 saturated carbocycles. The van der Waals surface area contributed by atoms with E-state index in [2.05, 4.69) is 39.2 Å². The van der Waals surface area contributed by atoms with E-state index in [1.54, 1.807) is 22.7 Å². The van der Waals surface area contributed by atoms with E-state index in [-0.39, 0.29) is 6.61 Å². The summed E-state index contributed by atoms with van der Waals surface area (Å²) in [5.41, 5.74) is 0. The Morgan fingerprint density at radius 3 is 2.77 bits per heavy atom. The molecule has 1 saturated heterocycles. The summed E-state index contributed by atoms with van der Waals surface area (Å²) in [6.45, 7) is 7.66. The number of hydrogen-bond donors (Lipinski definition) is 1. The van der Waals surface area contributed by atoms with Crippen molar-refractivity contribution in [1.82, 2.24) is 14.8 Å². The van der Waals surface area contributed by atoms with Crippen LogP contribution in [0.1, 0.15) is 18.2 Å². The maximum absolute atomic E-state index is 9.41. The molecule has 0 aromatic carbocycles. The van der Waals surface area contributed by atoms with Gasteiger partial charge in [0, 0.05) is 49.8 Å². The molecule has 1 atom stereocenters. The number of rotatable bonds is 6. The number of nitrogens with zero attached hydrogens (tertiary/aromatic N) is 3. The van der Waals surface area contributed by atoms with Gasteiger partial charge < -0.3 is 5.11 Å². The summed E-state index contributed by atoms with van der Waals surface area (Å²) in [7, 11) is 0. The van der Waals surface area contributed by atoms with Gasteiger partial charge in [-0.3, -0.25) is 9.80 Å². The predicted molar refractivity (Wildman–Crippen MR) is 93.4 cm³/mol. The molecular weight excluding hydrogens is 314 g/mol. The first kappa shape index (κ1) is 16.1. The molecule has 2 aromatic heterocycles. The molecule has 1 fully saturated rings. The lowest BCUT2D eigenvalue weighted by Crippen LogP contribution is -2.50. The van der Waals surface area contributed by atoms with Gasteiger partial charge in [-0.15, -0.1) is 22.7 Å². The number of thiazole rings is 1. The smallest absolute Gasteiger partial charge is 0.133 e. The SMILES string of the molecule is CCC(CO)N1CCN(Cc2cnc(-c3cccs3)s2)CC1. The van der Waals surface area contributed by atoms with Gasteiger partial charge in [0.25, 0.3) is 0 Å². The van der Waals surface area contributed by atoms with E-state index < -0.39 is 0 Å². The third-order valence-corrected chi connectivity index (χ3v) is 6.29. The second-order valence-electron chi connectivity index (χ2n) is 5.67. The highest BCUT2D eigenvalue weighted by Crippen LogP contribution is 2.29. The Kier molecular flexibility index (Phi) is 5.60. The summed E-state index contributed by atoms with van der Waals surface area (Å²) < 4.78 is 0. The third kappa shape index (κ3) is 3.75. The van der Waals surface area contributed by atoms with Crippen molar-refractivity contribution in [3.8, 4) is 9.88 Å². The van der Waals surface area contributed by atoms with E-state index in [1.807, 2.05) is 6.20 Å². The van der Waals surface area contributed by atoms with Crippen LogP contribution in [-0.2, 0) is 6.54 Å². The molecule has 0 radical (unpaired) electrons. The topological polar surface area (TPSA) is 39.6 Å². The van der Waals surface area contributed by atoms with E-state index in [1.165, 1.54) is 9.75 Å². The minimum Gasteiger partial charge on any atom is -0.395 e. The van der Waals surface area contributed by atoms with Crippen LogP contribution in [0.3, 0.4) is 0 Å². The number of aliphatic hydroxyl groups is 1. The zero-order valence-electron chi connectivity index (χ0n) is 12.9. The number of hydrogen-bond acceptors (Lipinski definition) is 6. The first-order chi connectivity index (χ1) is 10.8. The third-order valence-electron chi connectivity index (χ3n) is 4.27. The molecule has 4 nitrogen and oxygen atoms in total. The quantitative estimate of drug-likeness (QED) is 0.880. The molecule has 1 aliphatic rings. The van der Waals surface area contributed by atoms with E-state index in [0.717, 1.165) is 44.2 Å². The molecule has 1 N–H and O–H groups in total. The predicted octanol–water partition coefficient (Wildman–Crippen LogP) is 2.76. The molecule has 3 heterocycles. The van der Waals surface area contributed by atoms with Crippen LogP contribution in [0.2, 0.25) is 0 Å². The number of aliphatic hydroxyl groups excluding tert-OH is 1. The Morgan fingerprint density at radius 2 is 2.14 bits per heavy atom. The molecule has 22 heavy (non-hydrogen) atoms. The molecule has 1 unspecified atom stereocenters. The maximum Gasteiger partial charge on any atom is 0.133 e. The van der Waals surface area contributed by atoms with Crippen molar-refractivity contribution in [2.24, 2.45) is 0 Å². The number of aromatic nitrogens is 1. The summed E-state index contributed by atoms with van der Waals surface area (Å²) in [6, 6.07) is 4.54. The number of piperazine rings is 1. The first-order valence-electron chi connectivity index (χ1n) is 7.86. The molecule has 2 aromatic rings. The Balaban J connectivity index is 1.53. The van der Waals surface area contributed by atoms with Crippen molar-refractivity contribution in [2.45, 2.75) is 25.9 Å². The van der Waals surface area contributed by atoms with Crippen LogP contribution >= 0.6 is 22.7 Å². The van der Waals surface area contributed by atoms with Gasteiger partial charge in [-0.25, -0.2) is 4.98 Å². The highest BCUT2D eigenvalue weighted by molar-refractivity contribution is 7.20. The van der Waals surface area contributed by atoms with Crippen LogP contribution in [0.4, 0.5) is 0 Å². The fraction of sp³-hybridized carbons (Fsp3) is 0.562. The van der Waals surface area contributed by atoms with E-state index >= 15 is 0 Å². The fourth-order valence-electron chi connectivity index (χ4n) is 2.90. The molecule has 0 aliphatic carbocycles. The normalized spacial score (nSPS) is 18.6. The van der Waals surface area contributed by atoms with Crippen molar-refractivity contribution >= 4 is 22.7 Å². The molecule has 0 bridgehead atoms. The maximum atomic E-state index is 9.41. The fourth-order valence-corrected chi connectivity index (χ4v) is 4.66. The van der Waals surface area contributed by atoms with E-state index in [0.29, 0.717) is 6.04 Å². The zero-order valence-corrected chi connectivity index (χ0v) is 14.6. The van der Waals surface area contributed by atoms with Gasteiger partial charge in [-0.1, -0.05) is 13.0 Å². The Hall–Kier alpha value is -0.790. The van der Waals surface area contributed by atoms with Gasteiger partial charge in [0.15, 0.2) is 0 Å². The van der Waals surface area contributed by atoms with Crippen LogP contribution in [0.15, 0.2) is 23.7 Å². The lowest BCUT2D eigenvalue weighted by Gasteiger charge is -2.38. The molecule has 0 amide bonds. The standard InChI is InChI=1S/C16H23N3OS2/c1-2-13(12-20)19-7-5-18(6-8-19)11-14-10-17-16(22-14)15-4-3-9-21-15/h3-4,9-10,13,20H,2,5-8,11-12H2,1H3. The summed E-state index contributed by atoms with van der Waals surface area (Å²) in [4.78, 5) is 12.1. The van der Waals surface area contributed by atoms with Gasteiger partial charge in [0.1, 0.15) is 5.01 Å². The molecule has 1 aliphatic heterocycles. The van der Waals surface area contributed by atoms with Crippen LogP contribution in [0.5, 0.6) is 0 Å². The largest absolute Gasteiger partial charge is 0.395 e. The highest BCUT2D eigenvalue weighted by atomic mass is 32.1. The van der Waals surface area contributed by atoms with Gasteiger partial charge >= 0.3 is 0 Å². The van der Waals surface area contributed by atoms with Gasteiger partial charge in [0.05, 0.1) is 11.5 Å². The summed E-state index contributed by atoms with van der Waals surface area (Å²) >= 11 is 3.55. The molecule has 3 rings (SSSR count). The lowest BCUT2D eigenvalue weighted by atomic mass is 10.1. The minimum atomic E-state index is 0.273. The van der Waals surface area contributed by atoms with E-state index in [9.17, 15) is 5.11 Å². The average molecular weight is 338 g/mol. The van der Waals surface area contributed by atoms with E-state index in [4.69, 9.17) is 0 Å². The number of thiophene rings is 1. The Bertz CT molecular complexity index is 558. The van der Waals surface area contributed by atoms with Crippen molar-refractivity contribution in [3.05, 3.63) is 28.6 Å². The molecule has 6 heteroatoms. The van der Waals surface area contributed by atoms with Crippen LogP contribution in [0.25, 0.3) is 9.88 Å². The summed E-state index contributed by atoms with van der Waals surface area (Å²) in [5, 5.41) is 12.6. The van der Waals surface area contributed by atoms with Crippen molar-refractivity contribution < 1.29 is 5.11 Å². The summed E-state index contributed by atoms with van der Waals surface area (Å²) in [6.07, 6.45) is 3.05. The van der Waals surface area contributed by atoms with Gasteiger partial charge in [-0.05, 0) is 17.9 Å². The highest BCUT2D eigenvalue weighted by Gasteiger charge is 2.22. The van der Waals surface area contributed by atoms with Gasteiger partial charge in [0.2, 0.25) is 0 Å². The van der Waals surface area contributed by atoms with Crippen molar-refractivity contribution in [2.75, 3.05) is 32.8 Å². The Morgan fingerprint density at radius 1 is 1.32 bits per heavy atom. The first-order valence-corrected chi connectivity index (χ1v) is 9.55. The molecule has 0 spiro atoms. The molecule has 120 valence electrons. The minimum absolute atomic E-state index is 0.273. The molecular formula is C16H23N3OS2. The van der Waals surface area contributed by atoms with Crippen LogP contribution < -0.4 is 0 Å². The average Bonchev–Trinajstić information content (AvgIpc) is 3.21.